The molecule has 0 bridgehead atoms. The van der Waals surface area contributed by atoms with Crippen molar-refractivity contribution >= 4 is 43.6 Å². The third-order valence-corrected chi connectivity index (χ3v) is 5.96. The quantitative estimate of drug-likeness (QED) is 0.335. The van der Waals surface area contributed by atoms with Crippen LogP contribution in [0.4, 0.5) is 5.13 Å². The molecular formula is C24H22N2O4S. The maximum atomic E-state index is 12.7. The van der Waals surface area contributed by atoms with Crippen LogP contribution >= 0.6 is 11.3 Å². The van der Waals surface area contributed by atoms with Gasteiger partial charge in [-0.2, -0.15) is 0 Å². The zero-order chi connectivity index (χ0) is 22.1. The Morgan fingerprint density at radius 1 is 1.19 bits per heavy atom. The molecule has 0 radical (unpaired) electrons. The molecule has 0 saturated heterocycles. The van der Waals surface area contributed by atoms with E-state index >= 15 is 0 Å². The van der Waals surface area contributed by atoms with Crippen molar-refractivity contribution in [3.63, 3.8) is 0 Å². The Kier molecular flexibility index (Phi) is 5.61. The predicted octanol–water partition coefficient (Wildman–Crippen LogP) is 5.16. The van der Waals surface area contributed by atoms with Crippen LogP contribution in [0, 0.1) is 13.8 Å². The molecule has 0 spiro atoms. The summed E-state index contributed by atoms with van der Waals surface area (Å²) in [6, 6.07) is 11.4. The van der Waals surface area contributed by atoms with Gasteiger partial charge in [0.1, 0.15) is 17.9 Å². The van der Waals surface area contributed by atoms with Crippen molar-refractivity contribution in [1.82, 2.24) is 4.98 Å². The summed E-state index contributed by atoms with van der Waals surface area (Å²) in [5.74, 6) is 0.325. The second-order valence-electron chi connectivity index (χ2n) is 7.52. The zero-order valence-electron chi connectivity index (χ0n) is 17.6. The molecule has 0 fully saturated rings. The molecule has 7 heteroatoms. The highest BCUT2D eigenvalue weighted by Crippen LogP contribution is 2.30. The number of aryl methyl sites for hydroxylation is 2. The maximum absolute atomic E-state index is 12.7. The van der Waals surface area contributed by atoms with E-state index in [0.717, 1.165) is 32.3 Å². The molecular weight excluding hydrogens is 412 g/mol. The molecule has 4 aromatic rings. The van der Waals surface area contributed by atoms with Gasteiger partial charge in [-0.15, -0.1) is 0 Å². The van der Waals surface area contributed by atoms with Crippen LogP contribution in [0.3, 0.4) is 0 Å². The van der Waals surface area contributed by atoms with Crippen molar-refractivity contribution in [2.75, 3.05) is 11.9 Å². The summed E-state index contributed by atoms with van der Waals surface area (Å²) < 4.78 is 12.3. The first-order chi connectivity index (χ1) is 14.8. The second kappa shape index (κ2) is 8.35. The van der Waals surface area contributed by atoms with Gasteiger partial charge in [0.2, 0.25) is 5.91 Å². The van der Waals surface area contributed by atoms with Crippen LogP contribution in [-0.2, 0) is 11.2 Å². The number of fused-ring (bicyclic) bond motifs is 2. The van der Waals surface area contributed by atoms with E-state index in [1.54, 1.807) is 0 Å². The number of rotatable bonds is 6. The Morgan fingerprint density at radius 3 is 2.71 bits per heavy atom. The normalized spacial score (nSPS) is 11.1. The molecule has 0 aliphatic rings. The molecule has 0 aliphatic heterocycles. The number of para-hydroxylation sites is 1. The molecule has 2 aromatic heterocycles. The lowest BCUT2D eigenvalue weighted by atomic mass is 10.0. The van der Waals surface area contributed by atoms with Gasteiger partial charge in [0.25, 0.3) is 0 Å². The van der Waals surface area contributed by atoms with E-state index < -0.39 is 5.63 Å². The fraction of sp³-hybridized carbons (Fsp3) is 0.208. The molecule has 6 nitrogen and oxygen atoms in total. The Balaban J connectivity index is 1.61. The first-order valence-electron chi connectivity index (χ1n) is 9.82. The molecule has 0 unspecified atom stereocenters. The van der Waals surface area contributed by atoms with Gasteiger partial charge >= 0.3 is 5.63 Å². The highest BCUT2D eigenvalue weighted by atomic mass is 32.1. The van der Waals surface area contributed by atoms with Crippen LogP contribution in [0.15, 0.2) is 57.8 Å². The van der Waals surface area contributed by atoms with Crippen LogP contribution in [0.2, 0.25) is 0 Å². The summed E-state index contributed by atoms with van der Waals surface area (Å²) in [5, 5.41) is 4.07. The molecule has 2 aromatic carbocycles. The number of nitrogens with zero attached hydrogens (tertiary/aromatic N) is 1. The van der Waals surface area contributed by atoms with E-state index in [9.17, 15) is 9.59 Å². The van der Waals surface area contributed by atoms with Crippen molar-refractivity contribution in [2.45, 2.75) is 27.2 Å². The van der Waals surface area contributed by atoms with Crippen LogP contribution < -0.4 is 15.7 Å². The molecule has 158 valence electrons. The Bertz CT molecular complexity index is 1350. The van der Waals surface area contributed by atoms with Crippen LogP contribution in [0.5, 0.6) is 5.75 Å². The minimum absolute atomic E-state index is 0.0903. The van der Waals surface area contributed by atoms with E-state index in [1.165, 1.54) is 11.3 Å². The minimum Gasteiger partial charge on any atom is -0.489 e. The standard InChI is InChI=1S/C24H22N2O4S/c1-13(2)12-29-19-10-9-16-14(3)17(23(28)30-22(16)15(19)4)11-21(27)26-24-25-18-7-5-6-8-20(18)31-24/h5-10H,1,11-12H2,2-4H3,(H,25,26,27). The monoisotopic (exact) mass is 434 g/mol. The van der Waals surface area contributed by atoms with Crippen molar-refractivity contribution < 1.29 is 13.9 Å². The van der Waals surface area contributed by atoms with Gasteiger partial charge in [-0.25, -0.2) is 9.78 Å². The average molecular weight is 435 g/mol. The average Bonchev–Trinajstić information content (AvgIpc) is 3.13. The lowest BCUT2D eigenvalue weighted by molar-refractivity contribution is -0.115. The summed E-state index contributed by atoms with van der Waals surface area (Å²) in [5.41, 5.74) is 3.46. The number of carbonyl (C=O) groups is 1. The minimum atomic E-state index is -0.524. The fourth-order valence-electron chi connectivity index (χ4n) is 3.38. The van der Waals surface area contributed by atoms with E-state index in [1.807, 2.05) is 57.2 Å². The topological polar surface area (TPSA) is 81.4 Å². The number of amides is 1. The van der Waals surface area contributed by atoms with Crippen molar-refractivity contribution in [1.29, 1.82) is 0 Å². The van der Waals surface area contributed by atoms with Crippen molar-refractivity contribution in [2.24, 2.45) is 0 Å². The third-order valence-electron chi connectivity index (χ3n) is 5.01. The van der Waals surface area contributed by atoms with Gasteiger partial charge < -0.3 is 14.5 Å². The highest BCUT2D eigenvalue weighted by molar-refractivity contribution is 7.22. The van der Waals surface area contributed by atoms with Gasteiger partial charge in [0, 0.05) is 10.9 Å². The highest BCUT2D eigenvalue weighted by Gasteiger charge is 2.18. The Hall–Kier alpha value is -3.45. The van der Waals surface area contributed by atoms with E-state index in [2.05, 4.69) is 16.9 Å². The van der Waals surface area contributed by atoms with Gasteiger partial charge in [0.05, 0.1) is 22.2 Å². The van der Waals surface area contributed by atoms with Gasteiger partial charge in [-0.3, -0.25) is 4.79 Å². The lowest BCUT2D eigenvalue weighted by Crippen LogP contribution is -2.20. The van der Waals surface area contributed by atoms with Gasteiger partial charge in [0.15, 0.2) is 5.13 Å². The van der Waals surface area contributed by atoms with E-state index in [4.69, 9.17) is 9.15 Å². The summed E-state index contributed by atoms with van der Waals surface area (Å²) >= 11 is 1.39. The molecule has 0 atom stereocenters. The number of ether oxygens (including phenoxy) is 1. The number of thiazole rings is 1. The SMILES string of the molecule is C=C(C)COc1ccc2c(C)c(CC(=O)Nc3nc4ccccc4s3)c(=O)oc2c1C. The first kappa shape index (κ1) is 20.8. The Labute approximate surface area is 183 Å². The zero-order valence-corrected chi connectivity index (χ0v) is 18.4. The molecule has 4 rings (SSSR count). The molecule has 2 heterocycles. The molecule has 1 amide bonds. The van der Waals surface area contributed by atoms with Crippen LogP contribution in [0.25, 0.3) is 21.2 Å². The lowest BCUT2D eigenvalue weighted by Gasteiger charge is -2.13. The van der Waals surface area contributed by atoms with Gasteiger partial charge in [-0.1, -0.05) is 30.0 Å². The maximum Gasteiger partial charge on any atom is 0.340 e. The number of carbonyl (C=O) groups excluding carboxylic acids is 1. The van der Waals surface area contributed by atoms with E-state index in [0.29, 0.717) is 28.6 Å². The number of aromatic nitrogens is 1. The predicted molar refractivity (Wildman–Crippen MR) is 124 cm³/mol. The summed E-state index contributed by atoms with van der Waals surface area (Å²) in [4.78, 5) is 29.7. The number of anilines is 1. The molecule has 0 saturated carbocycles. The third kappa shape index (κ3) is 4.22. The fourth-order valence-corrected chi connectivity index (χ4v) is 4.26. The second-order valence-corrected chi connectivity index (χ2v) is 8.55. The molecule has 0 aliphatic carbocycles. The van der Waals surface area contributed by atoms with E-state index in [-0.39, 0.29) is 12.3 Å². The number of hydrogen-bond donors (Lipinski definition) is 1. The van der Waals surface area contributed by atoms with Gasteiger partial charge in [-0.05, 0) is 56.2 Å². The molecule has 1 N–H and O–H groups in total. The number of hydrogen-bond acceptors (Lipinski definition) is 6. The molecule has 31 heavy (non-hydrogen) atoms. The summed E-state index contributed by atoms with van der Waals surface area (Å²) in [6.07, 6.45) is -0.0903. The smallest absolute Gasteiger partial charge is 0.340 e. The number of nitrogens with one attached hydrogen (secondary N) is 1. The Morgan fingerprint density at radius 2 is 1.97 bits per heavy atom. The number of benzene rings is 2. The first-order valence-corrected chi connectivity index (χ1v) is 10.6. The summed E-state index contributed by atoms with van der Waals surface area (Å²) in [7, 11) is 0. The largest absolute Gasteiger partial charge is 0.489 e. The summed E-state index contributed by atoms with van der Waals surface area (Å²) in [6.45, 7) is 9.77. The van der Waals surface area contributed by atoms with Crippen LogP contribution in [-0.4, -0.2) is 17.5 Å². The van der Waals surface area contributed by atoms with Crippen molar-refractivity contribution in [3.05, 3.63) is 75.7 Å². The van der Waals surface area contributed by atoms with Crippen LogP contribution in [0.1, 0.15) is 23.6 Å². The van der Waals surface area contributed by atoms with Crippen molar-refractivity contribution in [3.8, 4) is 5.75 Å².